The number of nitrogens with one attached hydrogen (secondary N) is 1. The quantitative estimate of drug-likeness (QED) is 0.288. The lowest BCUT2D eigenvalue weighted by molar-refractivity contribution is -0.112. The molecule has 158 valence electrons. The first kappa shape index (κ1) is 23.3. The van der Waals surface area contributed by atoms with E-state index in [2.05, 4.69) is 11.2 Å². The van der Waals surface area contributed by atoms with Crippen LogP contribution in [0.2, 0.25) is 5.02 Å². The van der Waals surface area contributed by atoms with Crippen molar-refractivity contribution in [2.24, 2.45) is 0 Å². The Morgan fingerprint density at radius 2 is 1.97 bits per heavy atom. The number of hydrogen-bond acceptors (Lipinski definition) is 6. The molecule has 1 N–H and O–H groups in total. The fourth-order valence-electron chi connectivity index (χ4n) is 2.49. The molecule has 0 unspecified atom stereocenters. The second kappa shape index (κ2) is 11.3. The number of methoxy groups -OCH3 is 1. The molecule has 7 nitrogen and oxygen atoms in total. The summed E-state index contributed by atoms with van der Waals surface area (Å²) in [6, 6.07) is 11.1. The Morgan fingerprint density at radius 1 is 1.26 bits per heavy atom. The number of terminal acetylenes is 1. The van der Waals surface area contributed by atoms with Crippen molar-refractivity contribution >= 4 is 35.2 Å². The first-order valence-corrected chi connectivity index (χ1v) is 9.45. The molecule has 0 spiro atoms. The van der Waals surface area contributed by atoms with Crippen LogP contribution in [0.25, 0.3) is 6.08 Å². The van der Waals surface area contributed by atoms with Gasteiger partial charge < -0.3 is 19.5 Å². The van der Waals surface area contributed by atoms with Crippen molar-refractivity contribution in [3.8, 4) is 29.9 Å². The van der Waals surface area contributed by atoms with Gasteiger partial charge in [-0.1, -0.05) is 17.5 Å². The maximum Gasteiger partial charge on any atom is 0.338 e. The Hall–Kier alpha value is -3.94. The fraction of sp³-hybridized carbons (Fsp3) is 0.174. The van der Waals surface area contributed by atoms with Crippen molar-refractivity contribution in [3.05, 3.63) is 58.1 Å². The summed E-state index contributed by atoms with van der Waals surface area (Å²) in [6.45, 7) is 1.98. The largest absolute Gasteiger partial charge is 0.493 e. The van der Waals surface area contributed by atoms with Crippen LogP contribution < -0.4 is 14.8 Å². The molecule has 2 aromatic carbocycles. The maximum atomic E-state index is 12.5. The van der Waals surface area contributed by atoms with Crippen LogP contribution in [0.15, 0.2) is 42.0 Å². The number of carbonyl (C=O) groups is 2. The number of amides is 1. The summed E-state index contributed by atoms with van der Waals surface area (Å²) in [7, 11) is 1.43. The third kappa shape index (κ3) is 6.27. The van der Waals surface area contributed by atoms with Gasteiger partial charge >= 0.3 is 5.97 Å². The van der Waals surface area contributed by atoms with E-state index < -0.39 is 11.9 Å². The van der Waals surface area contributed by atoms with Crippen LogP contribution in [0.4, 0.5) is 5.69 Å². The molecule has 0 aliphatic heterocycles. The Bertz CT molecular complexity index is 1080. The van der Waals surface area contributed by atoms with Crippen LogP contribution in [0.3, 0.4) is 0 Å². The second-order valence-electron chi connectivity index (χ2n) is 5.95. The fourth-order valence-corrected chi connectivity index (χ4v) is 2.77. The maximum absolute atomic E-state index is 12.5. The van der Waals surface area contributed by atoms with Gasteiger partial charge in [-0.15, -0.1) is 6.42 Å². The van der Waals surface area contributed by atoms with Gasteiger partial charge in [0.05, 0.1) is 24.3 Å². The van der Waals surface area contributed by atoms with Crippen LogP contribution in [-0.2, 0) is 9.53 Å². The Balaban J connectivity index is 2.22. The highest BCUT2D eigenvalue weighted by molar-refractivity contribution is 6.32. The predicted molar refractivity (Wildman–Crippen MR) is 117 cm³/mol. The third-order valence-corrected chi connectivity index (χ3v) is 4.16. The Kier molecular flexibility index (Phi) is 8.51. The lowest BCUT2D eigenvalue weighted by Crippen LogP contribution is -2.13. The average Bonchev–Trinajstić information content (AvgIpc) is 2.76. The number of ether oxygens (including phenoxy) is 3. The van der Waals surface area contributed by atoms with E-state index in [9.17, 15) is 14.9 Å². The van der Waals surface area contributed by atoms with Crippen molar-refractivity contribution in [1.82, 2.24) is 0 Å². The molecule has 0 atom stereocenters. The Morgan fingerprint density at radius 3 is 2.55 bits per heavy atom. The number of rotatable bonds is 8. The van der Waals surface area contributed by atoms with Crippen molar-refractivity contribution in [3.63, 3.8) is 0 Å². The monoisotopic (exact) mass is 438 g/mol. The number of hydrogen-bond donors (Lipinski definition) is 1. The van der Waals surface area contributed by atoms with Crippen LogP contribution >= 0.6 is 11.6 Å². The van der Waals surface area contributed by atoms with E-state index in [4.69, 9.17) is 32.2 Å². The van der Waals surface area contributed by atoms with Crippen molar-refractivity contribution < 1.29 is 23.8 Å². The molecular formula is C23H19ClN2O5. The molecule has 0 saturated heterocycles. The molecule has 2 rings (SSSR count). The minimum absolute atomic E-state index is 0.00603. The predicted octanol–water partition coefficient (Wildman–Crippen LogP) is 4.08. The molecule has 0 heterocycles. The molecule has 0 bridgehead atoms. The van der Waals surface area contributed by atoms with Crippen LogP contribution in [-0.4, -0.2) is 32.2 Å². The van der Waals surface area contributed by atoms with Gasteiger partial charge in [-0.05, 0) is 55.0 Å². The summed E-state index contributed by atoms with van der Waals surface area (Å²) in [6.07, 6.45) is 6.56. The van der Waals surface area contributed by atoms with Gasteiger partial charge in [0.15, 0.2) is 11.5 Å². The zero-order valence-corrected chi connectivity index (χ0v) is 17.7. The Labute approximate surface area is 185 Å². The molecule has 0 radical (unpaired) electrons. The molecule has 0 aliphatic carbocycles. The number of halogens is 1. The van der Waals surface area contributed by atoms with Gasteiger partial charge in [0.25, 0.3) is 5.91 Å². The number of nitriles is 1. The van der Waals surface area contributed by atoms with Crippen LogP contribution in [0, 0.1) is 23.7 Å². The first-order valence-electron chi connectivity index (χ1n) is 9.07. The zero-order valence-electron chi connectivity index (χ0n) is 16.9. The molecule has 0 aromatic heterocycles. The van der Waals surface area contributed by atoms with Gasteiger partial charge in [0.1, 0.15) is 18.2 Å². The molecule has 0 fully saturated rings. The highest BCUT2D eigenvalue weighted by atomic mass is 35.5. The highest BCUT2D eigenvalue weighted by Gasteiger charge is 2.14. The van der Waals surface area contributed by atoms with Gasteiger partial charge in [0.2, 0.25) is 0 Å². The lowest BCUT2D eigenvalue weighted by Gasteiger charge is -2.12. The van der Waals surface area contributed by atoms with E-state index in [1.807, 2.05) is 6.07 Å². The molecule has 31 heavy (non-hydrogen) atoms. The summed E-state index contributed by atoms with van der Waals surface area (Å²) in [5, 5.41) is 12.2. The lowest BCUT2D eigenvalue weighted by atomic mass is 10.1. The van der Waals surface area contributed by atoms with E-state index in [1.165, 1.54) is 43.5 Å². The van der Waals surface area contributed by atoms with Crippen LogP contribution in [0.5, 0.6) is 11.5 Å². The molecule has 8 heteroatoms. The highest BCUT2D eigenvalue weighted by Crippen LogP contribution is 2.37. The number of carbonyl (C=O) groups excluding carboxylic acids is 2. The summed E-state index contributed by atoms with van der Waals surface area (Å²) in [5.41, 5.74) is 1.06. The van der Waals surface area contributed by atoms with Crippen molar-refractivity contribution in [2.75, 3.05) is 25.6 Å². The van der Waals surface area contributed by atoms with E-state index in [-0.39, 0.29) is 29.6 Å². The summed E-state index contributed by atoms with van der Waals surface area (Å²) in [5.74, 6) is 1.82. The van der Waals surface area contributed by atoms with Crippen molar-refractivity contribution in [1.29, 1.82) is 5.26 Å². The average molecular weight is 439 g/mol. The van der Waals surface area contributed by atoms with E-state index in [1.54, 1.807) is 13.0 Å². The molecule has 0 saturated carbocycles. The minimum Gasteiger partial charge on any atom is -0.493 e. The SMILES string of the molecule is C#CCOc1c(Cl)cc(/C=C(\C#N)C(=O)Nc2ccc(C(=O)OCC)cc2)cc1OC. The minimum atomic E-state index is -0.630. The standard InChI is InChI=1S/C23H19ClN2O5/c1-4-10-31-21-19(24)12-15(13-20(21)29-3)11-17(14-25)22(27)26-18-8-6-16(7-9-18)23(28)30-5-2/h1,6-9,11-13H,5,10H2,2-3H3,(H,26,27)/b17-11+. The summed E-state index contributed by atoms with van der Waals surface area (Å²) in [4.78, 5) is 24.2. The second-order valence-corrected chi connectivity index (χ2v) is 6.36. The first-order chi connectivity index (χ1) is 14.9. The number of nitrogens with zero attached hydrogens (tertiary/aromatic N) is 1. The third-order valence-electron chi connectivity index (χ3n) is 3.88. The summed E-state index contributed by atoms with van der Waals surface area (Å²) >= 11 is 6.22. The summed E-state index contributed by atoms with van der Waals surface area (Å²) < 4.78 is 15.5. The molecule has 2 aromatic rings. The smallest absolute Gasteiger partial charge is 0.338 e. The van der Waals surface area contributed by atoms with Crippen LogP contribution in [0.1, 0.15) is 22.8 Å². The van der Waals surface area contributed by atoms with Crippen molar-refractivity contribution in [2.45, 2.75) is 6.92 Å². The normalized spacial score (nSPS) is 10.4. The van der Waals surface area contributed by atoms with E-state index >= 15 is 0 Å². The van der Waals surface area contributed by atoms with Gasteiger partial charge in [-0.3, -0.25) is 4.79 Å². The topological polar surface area (TPSA) is 97.7 Å². The van der Waals surface area contributed by atoms with Gasteiger partial charge in [0, 0.05) is 5.69 Å². The zero-order chi connectivity index (χ0) is 22.8. The molecule has 1 amide bonds. The van der Waals surface area contributed by atoms with E-state index in [0.29, 0.717) is 22.6 Å². The van der Waals surface area contributed by atoms with Gasteiger partial charge in [-0.2, -0.15) is 5.26 Å². The molecule has 0 aliphatic rings. The number of benzene rings is 2. The van der Waals surface area contributed by atoms with E-state index in [0.717, 1.165) is 0 Å². The van der Waals surface area contributed by atoms with Gasteiger partial charge in [-0.25, -0.2) is 4.79 Å². The number of esters is 1. The molecular weight excluding hydrogens is 420 g/mol. The number of anilines is 1.